The third-order valence-corrected chi connectivity index (χ3v) is 3.21. The highest BCUT2D eigenvalue weighted by Crippen LogP contribution is 2.26. The van der Waals surface area contributed by atoms with Crippen molar-refractivity contribution in [1.29, 1.82) is 0 Å². The smallest absolute Gasteiger partial charge is 0.129 e. The highest BCUT2D eigenvalue weighted by atomic mass is 35.5. The summed E-state index contributed by atoms with van der Waals surface area (Å²) in [4.78, 5) is 4.06. The normalized spacial score (nSPS) is 10.5. The topological polar surface area (TPSA) is 50.8 Å². The quantitative estimate of drug-likeness (QED) is 0.745. The van der Waals surface area contributed by atoms with E-state index in [1.807, 2.05) is 36.4 Å². The fourth-order valence-corrected chi connectivity index (χ4v) is 2.05. The molecule has 0 fully saturated rings. The van der Waals surface area contributed by atoms with Crippen LogP contribution in [0, 0.1) is 0 Å². The summed E-state index contributed by atoms with van der Waals surface area (Å²) in [7, 11) is 1.65. The van der Waals surface area contributed by atoms with Crippen molar-refractivity contribution in [1.82, 2.24) is 15.2 Å². The first kappa shape index (κ1) is 12.7. The number of rotatable bonds is 3. The molecule has 2 heterocycles. The number of benzene rings is 1. The Morgan fingerprint density at radius 2 is 2.00 bits per heavy atom. The van der Waals surface area contributed by atoms with Crippen LogP contribution in [0.25, 0.3) is 22.5 Å². The fraction of sp³-hybridized carbons (Fsp3) is 0.0667. The first-order chi connectivity index (χ1) is 9.76. The summed E-state index contributed by atoms with van der Waals surface area (Å²) in [6, 6.07) is 13.4. The van der Waals surface area contributed by atoms with E-state index in [9.17, 15) is 0 Å². The molecular weight excluding hydrogens is 274 g/mol. The molecule has 0 amide bonds. The van der Waals surface area contributed by atoms with Crippen LogP contribution in [0.15, 0.2) is 48.7 Å². The molecule has 100 valence electrons. The molecule has 0 aliphatic rings. The van der Waals surface area contributed by atoms with E-state index < -0.39 is 0 Å². The van der Waals surface area contributed by atoms with Crippen LogP contribution in [0.5, 0.6) is 5.75 Å². The zero-order valence-electron chi connectivity index (χ0n) is 10.8. The van der Waals surface area contributed by atoms with E-state index in [2.05, 4.69) is 15.2 Å². The van der Waals surface area contributed by atoms with E-state index in [4.69, 9.17) is 16.3 Å². The molecule has 0 unspecified atom stereocenters. The first-order valence-corrected chi connectivity index (χ1v) is 6.46. The minimum Gasteiger partial charge on any atom is -0.497 e. The number of aromatic nitrogens is 3. The molecule has 5 heteroatoms. The van der Waals surface area contributed by atoms with Gasteiger partial charge in [0.2, 0.25) is 0 Å². The Bertz CT molecular complexity index is 722. The van der Waals surface area contributed by atoms with Gasteiger partial charge < -0.3 is 4.74 Å². The van der Waals surface area contributed by atoms with Crippen LogP contribution >= 0.6 is 11.6 Å². The number of nitrogens with zero attached hydrogens (tertiary/aromatic N) is 2. The summed E-state index contributed by atoms with van der Waals surface area (Å²) < 4.78 is 5.22. The molecule has 3 aromatic rings. The molecule has 0 saturated heterocycles. The Hall–Kier alpha value is -2.33. The number of H-pyrrole nitrogens is 1. The molecule has 1 N–H and O–H groups in total. The minimum atomic E-state index is 0.470. The van der Waals surface area contributed by atoms with Gasteiger partial charge in [0.15, 0.2) is 0 Å². The van der Waals surface area contributed by atoms with Crippen LogP contribution in [-0.2, 0) is 0 Å². The van der Waals surface area contributed by atoms with Gasteiger partial charge in [0, 0.05) is 17.3 Å². The molecule has 0 saturated carbocycles. The van der Waals surface area contributed by atoms with Gasteiger partial charge in [0.1, 0.15) is 10.9 Å². The van der Waals surface area contributed by atoms with E-state index in [1.165, 1.54) is 0 Å². The van der Waals surface area contributed by atoms with Crippen molar-refractivity contribution in [3.63, 3.8) is 0 Å². The van der Waals surface area contributed by atoms with Crippen molar-refractivity contribution in [3.05, 3.63) is 53.8 Å². The number of nitrogens with one attached hydrogen (secondary N) is 1. The second-order valence-corrected chi connectivity index (χ2v) is 4.66. The van der Waals surface area contributed by atoms with Crippen LogP contribution in [-0.4, -0.2) is 22.3 Å². The molecule has 0 aliphatic carbocycles. The molecule has 1 aromatic carbocycles. The zero-order chi connectivity index (χ0) is 13.9. The van der Waals surface area contributed by atoms with Gasteiger partial charge in [-0.25, -0.2) is 4.98 Å². The van der Waals surface area contributed by atoms with Gasteiger partial charge in [0.05, 0.1) is 18.5 Å². The number of hydrogen-bond donors (Lipinski definition) is 1. The van der Waals surface area contributed by atoms with Crippen molar-refractivity contribution in [2.24, 2.45) is 0 Å². The van der Waals surface area contributed by atoms with Crippen LogP contribution in [0.1, 0.15) is 0 Å². The second kappa shape index (κ2) is 5.35. The van der Waals surface area contributed by atoms with Gasteiger partial charge in [-0.2, -0.15) is 5.10 Å². The van der Waals surface area contributed by atoms with E-state index in [1.54, 1.807) is 19.4 Å². The average Bonchev–Trinajstić information content (AvgIpc) is 2.98. The van der Waals surface area contributed by atoms with Crippen LogP contribution < -0.4 is 4.74 Å². The van der Waals surface area contributed by atoms with E-state index in [0.717, 1.165) is 28.3 Å². The molecule has 20 heavy (non-hydrogen) atoms. The highest BCUT2D eigenvalue weighted by Gasteiger charge is 2.07. The lowest BCUT2D eigenvalue weighted by Crippen LogP contribution is -1.83. The summed E-state index contributed by atoms with van der Waals surface area (Å²) >= 11 is 5.78. The highest BCUT2D eigenvalue weighted by molar-refractivity contribution is 6.29. The summed E-state index contributed by atoms with van der Waals surface area (Å²) in [6.45, 7) is 0. The van der Waals surface area contributed by atoms with Gasteiger partial charge >= 0.3 is 0 Å². The number of pyridine rings is 1. The lowest BCUT2D eigenvalue weighted by atomic mass is 10.1. The number of halogens is 1. The lowest BCUT2D eigenvalue weighted by Gasteiger charge is -2.01. The summed E-state index contributed by atoms with van der Waals surface area (Å²) in [5.74, 6) is 0.812. The second-order valence-electron chi connectivity index (χ2n) is 4.27. The Labute approximate surface area is 121 Å². The Morgan fingerprint density at radius 3 is 2.75 bits per heavy atom. The third kappa shape index (κ3) is 2.51. The van der Waals surface area contributed by atoms with E-state index >= 15 is 0 Å². The Kier molecular flexibility index (Phi) is 3.39. The van der Waals surface area contributed by atoms with Crippen LogP contribution in [0.2, 0.25) is 5.15 Å². The van der Waals surface area contributed by atoms with Gasteiger partial charge in [-0.15, -0.1) is 0 Å². The van der Waals surface area contributed by atoms with Crippen LogP contribution in [0.3, 0.4) is 0 Å². The van der Waals surface area contributed by atoms with Crippen molar-refractivity contribution >= 4 is 11.6 Å². The SMILES string of the molecule is COc1cccc(-c2cc(-c3ccc(Cl)nc3)n[nH]2)c1. The molecule has 3 rings (SSSR count). The molecule has 0 atom stereocenters. The molecule has 0 radical (unpaired) electrons. The first-order valence-electron chi connectivity index (χ1n) is 6.08. The maximum absolute atomic E-state index is 5.78. The average molecular weight is 286 g/mol. The summed E-state index contributed by atoms with van der Waals surface area (Å²) in [5.41, 5.74) is 3.69. The largest absolute Gasteiger partial charge is 0.497 e. The monoisotopic (exact) mass is 285 g/mol. The lowest BCUT2D eigenvalue weighted by molar-refractivity contribution is 0.415. The molecular formula is C15H12ClN3O. The molecule has 2 aromatic heterocycles. The van der Waals surface area contributed by atoms with Gasteiger partial charge in [-0.3, -0.25) is 5.10 Å². The predicted octanol–water partition coefficient (Wildman–Crippen LogP) is 3.80. The van der Waals surface area contributed by atoms with Gasteiger partial charge in [-0.05, 0) is 30.3 Å². The Balaban J connectivity index is 1.95. The third-order valence-electron chi connectivity index (χ3n) is 2.98. The van der Waals surface area contributed by atoms with Gasteiger partial charge in [0.25, 0.3) is 0 Å². The molecule has 0 aliphatic heterocycles. The molecule has 0 bridgehead atoms. The zero-order valence-corrected chi connectivity index (χ0v) is 11.6. The predicted molar refractivity (Wildman–Crippen MR) is 78.8 cm³/mol. The molecule has 4 nitrogen and oxygen atoms in total. The van der Waals surface area contributed by atoms with E-state index in [-0.39, 0.29) is 0 Å². The Morgan fingerprint density at radius 1 is 1.10 bits per heavy atom. The van der Waals surface area contributed by atoms with Crippen molar-refractivity contribution in [2.45, 2.75) is 0 Å². The van der Waals surface area contributed by atoms with E-state index in [0.29, 0.717) is 5.15 Å². The maximum atomic E-state index is 5.78. The number of hydrogen-bond acceptors (Lipinski definition) is 3. The summed E-state index contributed by atoms with van der Waals surface area (Å²) in [5, 5.41) is 7.79. The van der Waals surface area contributed by atoms with Crippen molar-refractivity contribution in [3.8, 4) is 28.3 Å². The number of methoxy groups -OCH3 is 1. The van der Waals surface area contributed by atoms with Crippen LogP contribution in [0.4, 0.5) is 0 Å². The number of aromatic amines is 1. The standard InChI is InChI=1S/C15H12ClN3O/c1-20-12-4-2-3-10(7-12)13-8-14(19-18-13)11-5-6-15(16)17-9-11/h2-9H,1H3,(H,18,19). The maximum Gasteiger partial charge on any atom is 0.129 e. The number of ether oxygens (including phenoxy) is 1. The molecule has 0 spiro atoms. The van der Waals surface area contributed by atoms with Gasteiger partial charge in [-0.1, -0.05) is 23.7 Å². The van der Waals surface area contributed by atoms with Crippen molar-refractivity contribution in [2.75, 3.05) is 7.11 Å². The minimum absolute atomic E-state index is 0.470. The fourth-order valence-electron chi connectivity index (χ4n) is 1.94. The van der Waals surface area contributed by atoms with Crippen molar-refractivity contribution < 1.29 is 4.74 Å². The summed E-state index contributed by atoms with van der Waals surface area (Å²) in [6.07, 6.45) is 1.70.